The van der Waals surface area contributed by atoms with Gasteiger partial charge < -0.3 is 35.2 Å². The van der Waals surface area contributed by atoms with Crippen LogP contribution in [0, 0.1) is 0 Å². The summed E-state index contributed by atoms with van der Waals surface area (Å²) in [6.07, 6.45) is 0. The Morgan fingerprint density at radius 3 is 1.05 bits per heavy atom. The lowest BCUT2D eigenvalue weighted by molar-refractivity contribution is -0.155. The van der Waals surface area contributed by atoms with Gasteiger partial charge in [0.1, 0.15) is 11.1 Å². The molecule has 322 valence electrons. The highest BCUT2D eigenvalue weighted by molar-refractivity contribution is 7.12. The number of carbonyl (C=O) groups is 8. The number of hydrogen-bond donors (Lipinski definition) is 2. The van der Waals surface area contributed by atoms with Crippen LogP contribution in [0.15, 0.2) is 81.4 Å². The van der Waals surface area contributed by atoms with Crippen LogP contribution in [0.1, 0.15) is 72.9 Å². The molecule has 4 heterocycles. The fourth-order valence-electron chi connectivity index (χ4n) is 4.79. The molecule has 15 nitrogen and oxygen atoms in total. The maximum absolute atomic E-state index is 12.9. The van der Waals surface area contributed by atoms with Gasteiger partial charge in [0, 0.05) is 26.4 Å². The van der Waals surface area contributed by atoms with Crippen molar-refractivity contribution in [3.8, 4) is 0 Å². The van der Waals surface area contributed by atoms with Gasteiger partial charge >= 0.3 is 29.8 Å². The normalized spacial score (nSPS) is 12.2. The molecule has 2 atom stereocenters. The van der Waals surface area contributed by atoms with Gasteiger partial charge in [0.25, 0.3) is 0 Å². The number of Topliss-reactive ketones (excluding diaryl/α,β-unsaturated/α-hetero) is 3. The summed E-state index contributed by atoms with van der Waals surface area (Å²) >= 11 is 5.00. The predicted octanol–water partition coefficient (Wildman–Crippen LogP) is 6.06. The Labute approximate surface area is 362 Å². The summed E-state index contributed by atoms with van der Waals surface area (Å²) in [7, 11) is 0. The number of ether oxygens (including phenoxy) is 5. The van der Waals surface area contributed by atoms with E-state index in [0.29, 0.717) is 19.5 Å². The molecule has 4 N–H and O–H groups in total. The van der Waals surface area contributed by atoms with Crippen LogP contribution >= 0.6 is 45.3 Å². The Kier molecular flexibility index (Phi) is 22.1. The first-order valence-electron chi connectivity index (χ1n) is 18.3. The molecule has 0 amide bonds. The summed E-state index contributed by atoms with van der Waals surface area (Å²) in [6.45, 7) is 10.3. The highest BCUT2D eigenvalue weighted by atomic mass is 32.1. The van der Waals surface area contributed by atoms with Gasteiger partial charge in [-0.1, -0.05) is 24.3 Å². The molecular formula is C41H46N2O13S4. The minimum absolute atomic E-state index is 0.0117. The fourth-order valence-corrected chi connectivity index (χ4v) is 7.95. The minimum Gasteiger partial charge on any atom is -0.465 e. The molecule has 19 heteroatoms. The van der Waals surface area contributed by atoms with Gasteiger partial charge in [0.2, 0.25) is 17.3 Å². The number of rotatable bonds is 18. The van der Waals surface area contributed by atoms with Gasteiger partial charge in [0.15, 0.2) is 11.8 Å². The standard InChI is InChI=1S/C18H20N2O4S2.C18H18O6S2.C5H8O3/c2*1-3-23-17(21)13(11-7-5-9-25-11)15(19)16(20)14(18(22)24-4-2)12-8-6-10-26-12;1-3-8-5(7)4(2)6/h5-10H,3-4,19-20H2,1-2H3;5-10,13-14H,3-4H2,1-2H3;3H2,1-2H3/b15-13+,16-14+;;. The summed E-state index contributed by atoms with van der Waals surface area (Å²) in [5, 5.41) is 7.02. The predicted molar refractivity (Wildman–Crippen MR) is 229 cm³/mol. The number of thiophene rings is 4. The maximum atomic E-state index is 12.9. The maximum Gasteiger partial charge on any atom is 0.374 e. The van der Waals surface area contributed by atoms with Crippen LogP contribution in [0.2, 0.25) is 0 Å². The summed E-state index contributed by atoms with van der Waals surface area (Å²) in [6, 6.07) is 13.6. The molecule has 0 saturated carbocycles. The Morgan fingerprint density at radius 1 is 0.483 bits per heavy atom. The van der Waals surface area contributed by atoms with Gasteiger partial charge in [-0.05, 0) is 80.4 Å². The van der Waals surface area contributed by atoms with Crippen LogP contribution in [-0.2, 0) is 62.0 Å². The first kappa shape index (κ1) is 50.4. The van der Waals surface area contributed by atoms with Gasteiger partial charge in [-0.15, -0.1) is 45.3 Å². The fraction of sp³-hybridized carbons (Fsp3) is 0.317. The molecule has 0 aliphatic rings. The first-order chi connectivity index (χ1) is 28.7. The van der Waals surface area contributed by atoms with Crippen molar-refractivity contribution in [2.75, 3.05) is 33.0 Å². The highest BCUT2D eigenvalue weighted by Gasteiger charge is 2.42. The lowest BCUT2D eigenvalue weighted by atomic mass is 9.90. The zero-order valence-electron chi connectivity index (χ0n) is 33.7. The van der Waals surface area contributed by atoms with E-state index in [1.54, 1.807) is 93.9 Å². The number of carbonyl (C=O) groups excluding carboxylic acids is 8. The summed E-state index contributed by atoms with van der Waals surface area (Å²) in [5.74, 6) is -8.80. The van der Waals surface area contributed by atoms with Crippen LogP contribution < -0.4 is 11.5 Å². The average molecular weight is 903 g/mol. The van der Waals surface area contributed by atoms with Crippen LogP contribution in [0.5, 0.6) is 0 Å². The van der Waals surface area contributed by atoms with E-state index in [2.05, 4.69) is 4.74 Å². The third kappa shape index (κ3) is 14.5. The Hall–Kier alpha value is -5.76. The van der Waals surface area contributed by atoms with Crippen molar-refractivity contribution >= 4 is 104 Å². The van der Waals surface area contributed by atoms with E-state index in [4.69, 9.17) is 30.4 Å². The summed E-state index contributed by atoms with van der Waals surface area (Å²) in [4.78, 5) is 97.4. The van der Waals surface area contributed by atoms with Crippen LogP contribution in [0.3, 0.4) is 0 Å². The van der Waals surface area contributed by atoms with Crippen molar-refractivity contribution < 1.29 is 62.0 Å². The molecule has 0 spiro atoms. The van der Waals surface area contributed by atoms with Crippen LogP contribution in [0.4, 0.5) is 0 Å². The van der Waals surface area contributed by atoms with Crippen molar-refractivity contribution in [3.63, 3.8) is 0 Å². The van der Waals surface area contributed by atoms with E-state index < -0.39 is 59.0 Å². The Morgan fingerprint density at radius 2 is 0.800 bits per heavy atom. The SMILES string of the molecule is CCOC(=O)/C(=C(N)\C(N)=C(/C(=O)OCC)c1cccs1)c1cccs1.CCOC(=O)C(C(=O)C(=O)C(C(=O)OCC)c1cccs1)c1cccs1.CCOC(=O)C(C)=O. The minimum atomic E-state index is -1.38. The van der Waals surface area contributed by atoms with E-state index in [1.807, 2.05) is 10.8 Å². The second kappa shape index (κ2) is 26.4. The third-order valence-corrected chi connectivity index (χ3v) is 11.0. The molecule has 60 heavy (non-hydrogen) atoms. The molecule has 0 aliphatic carbocycles. The van der Waals surface area contributed by atoms with Crippen molar-refractivity contribution in [2.45, 2.75) is 53.4 Å². The van der Waals surface area contributed by atoms with Crippen molar-refractivity contribution in [2.24, 2.45) is 11.5 Å². The molecule has 0 fully saturated rings. The second-order valence-electron chi connectivity index (χ2n) is 11.4. The van der Waals surface area contributed by atoms with E-state index in [1.165, 1.54) is 52.3 Å². The lowest BCUT2D eigenvalue weighted by Gasteiger charge is -2.16. The van der Waals surface area contributed by atoms with Gasteiger partial charge in [-0.3, -0.25) is 24.0 Å². The Bertz CT molecular complexity index is 1970. The topological polar surface area (TPSA) is 235 Å². The largest absolute Gasteiger partial charge is 0.465 e. The van der Waals surface area contributed by atoms with Gasteiger partial charge in [-0.25, -0.2) is 14.4 Å². The first-order valence-corrected chi connectivity index (χ1v) is 21.8. The monoisotopic (exact) mass is 902 g/mol. The average Bonchev–Trinajstić information content (AvgIpc) is 4.07. The molecule has 4 aromatic heterocycles. The zero-order valence-corrected chi connectivity index (χ0v) is 37.0. The van der Waals surface area contributed by atoms with Crippen LogP contribution in [0.25, 0.3) is 11.1 Å². The molecule has 0 aliphatic heterocycles. The van der Waals surface area contributed by atoms with Crippen molar-refractivity contribution in [1.82, 2.24) is 0 Å². The smallest absolute Gasteiger partial charge is 0.374 e. The quantitative estimate of drug-likeness (QED) is 0.0289. The zero-order chi connectivity index (χ0) is 44.8. The van der Waals surface area contributed by atoms with Crippen LogP contribution in [-0.4, -0.2) is 80.2 Å². The van der Waals surface area contributed by atoms with Gasteiger partial charge in [0.05, 0.1) is 44.4 Å². The lowest BCUT2D eigenvalue weighted by Crippen LogP contribution is -2.35. The highest BCUT2D eigenvalue weighted by Crippen LogP contribution is 2.32. The molecule has 0 saturated heterocycles. The summed E-state index contributed by atoms with van der Waals surface area (Å²) in [5.41, 5.74) is 12.7. The number of hydrogen-bond acceptors (Lipinski definition) is 19. The third-order valence-electron chi connectivity index (χ3n) is 7.35. The molecular weight excluding hydrogens is 857 g/mol. The Balaban J connectivity index is 0.000000350. The molecule has 0 aromatic carbocycles. The molecule has 4 rings (SSSR count). The van der Waals surface area contributed by atoms with E-state index in [0.717, 1.165) is 0 Å². The van der Waals surface area contributed by atoms with Crippen molar-refractivity contribution in [3.05, 3.63) is 101 Å². The molecule has 4 aromatic rings. The van der Waals surface area contributed by atoms with Gasteiger partial charge in [-0.2, -0.15) is 0 Å². The number of nitrogens with two attached hydrogens (primary N) is 2. The number of esters is 5. The van der Waals surface area contributed by atoms with E-state index >= 15 is 0 Å². The van der Waals surface area contributed by atoms with E-state index in [9.17, 15) is 38.4 Å². The molecule has 2 unspecified atom stereocenters. The van der Waals surface area contributed by atoms with E-state index in [-0.39, 0.29) is 55.6 Å². The molecule has 0 bridgehead atoms. The number of ketones is 3. The summed E-state index contributed by atoms with van der Waals surface area (Å²) < 4.78 is 24.5. The second-order valence-corrected chi connectivity index (χ2v) is 15.2. The van der Waals surface area contributed by atoms with Crippen molar-refractivity contribution in [1.29, 1.82) is 0 Å². The molecule has 0 radical (unpaired) electrons.